The molecule has 0 heterocycles. The highest BCUT2D eigenvalue weighted by Crippen LogP contribution is 2.21. The van der Waals surface area contributed by atoms with E-state index in [-0.39, 0.29) is 6.10 Å². The monoisotopic (exact) mass is 160 g/mol. The van der Waals surface area contributed by atoms with Crippen LogP contribution in [0.25, 0.3) is 0 Å². The lowest BCUT2D eigenvalue weighted by Crippen LogP contribution is -2.25. The minimum absolute atomic E-state index is 0.359. The fraction of sp³-hybridized carbons (Fsp3) is 0.857. The van der Waals surface area contributed by atoms with Crippen molar-refractivity contribution in [2.75, 3.05) is 7.11 Å². The molecular formula is C7H12O4. The summed E-state index contributed by atoms with van der Waals surface area (Å²) in [7, 11) is 1.25. The van der Waals surface area contributed by atoms with Crippen molar-refractivity contribution >= 4 is 6.16 Å². The third-order valence-corrected chi connectivity index (χ3v) is 1.83. The molecule has 0 spiro atoms. The summed E-state index contributed by atoms with van der Waals surface area (Å²) >= 11 is 0. The predicted molar refractivity (Wildman–Crippen MR) is 37.1 cm³/mol. The van der Waals surface area contributed by atoms with Gasteiger partial charge in [-0.1, -0.05) is 0 Å². The van der Waals surface area contributed by atoms with Gasteiger partial charge in [-0.25, -0.2) is 4.79 Å². The molecule has 1 N–H and O–H groups in total. The second-order valence-corrected chi connectivity index (χ2v) is 2.61. The molecular weight excluding hydrogens is 148 g/mol. The van der Waals surface area contributed by atoms with Gasteiger partial charge in [0.25, 0.3) is 0 Å². The van der Waals surface area contributed by atoms with Gasteiger partial charge in [0.05, 0.1) is 13.2 Å². The Balaban J connectivity index is 2.30. The van der Waals surface area contributed by atoms with E-state index in [1.165, 1.54) is 7.11 Å². The average Bonchev–Trinajstić information content (AvgIpc) is 2.37. The zero-order chi connectivity index (χ0) is 8.27. The molecule has 1 rings (SSSR count). The lowest BCUT2D eigenvalue weighted by atomic mass is 10.3. The Morgan fingerprint density at radius 1 is 1.55 bits per heavy atom. The molecule has 0 saturated heterocycles. The average molecular weight is 160 g/mol. The first kappa shape index (κ1) is 8.33. The van der Waals surface area contributed by atoms with E-state index in [1.807, 2.05) is 0 Å². The van der Waals surface area contributed by atoms with Crippen molar-refractivity contribution in [1.82, 2.24) is 0 Å². The topological polar surface area (TPSA) is 55.8 Å². The van der Waals surface area contributed by atoms with Gasteiger partial charge in [-0.3, -0.25) is 0 Å². The molecule has 1 aliphatic carbocycles. The summed E-state index contributed by atoms with van der Waals surface area (Å²) in [5.74, 6) is 0. The van der Waals surface area contributed by atoms with E-state index in [4.69, 9.17) is 4.74 Å². The molecule has 1 fully saturated rings. The Morgan fingerprint density at radius 2 is 2.27 bits per heavy atom. The Morgan fingerprint density at radius 3 is 2.73 bits per heavy atom. The minimum atomic E-state index is -0.712. The van der Waals surface area contributed by atoms with Crippen molar-refractivity contribution in [1.29, 1.82) is 0 Å². The van der Waals surface area contributed by atoms with Gasteiger partial charge in [-0.15, -0.1) is 0 Å². The first-order chi connectivity index (χ1) is 5.24. The number of rotatable bonds is 1. The summed E-state index contributed by atoms with van der Waals surface area (Å²) in [5.41, 5.74) is 0. The van der Waals surface area contributed by atoms with Crippen LogP contribution in [0, 0.1) is 0 Å². The van der Waals surface area contributed by atoms with Gasteiger partial charge in [0.1, 0.15) is 6.10 Å². The largest absolute Gasteiger partial charge is 0.508 e. The molecule has 0 amide bonds. The van der Waals surface area contributed by atoms with Crippen molar-refractivity contribution in [3.63, 3.8) is 0 Å². The second-order valence-electron chi connectivity index (χ2n) is 2.61. The van der Waals surface area contributed by atoms with Crippen LogP contribution in [0.1, 0.15) is 19.3 Å². The van der Waals surface area contributed by atoms with Gasteiger partial charge in [-0.2, -0.15) is 0 Å². The Kier molecular flexibility index (Phi) is 2.70. The summed E-state index contributed by atoms with van der Waals surface area (Å²) < 4.78 is 9.05. The number of hydrogen-bond donors (Lipinski definition) is 1. The molecule has 64 valence electrons. The van der Waals surface area contributed by atoms with E-state index in [0.717, 1.165) is 12.8 Å². The van der Waals surface area contributed by atoms with Crippen LogP contribution < -0.4 is 0 Å². The zero-order valence-corrected chi connectivity index (χ0v) is 6.45. The molecule has 0 aliphatic heterocycles. The predicted octanol–water partition coefficient (Wildman–Crippen LogP) is 0.683. The summed E-state index contributed by atoms with van der Waals surface area (Å²) in [5, 5.41) is 9.20. The van der Waals surface area contributed by atoms with Crippen LogP contribution in [0.2, 0.25) is 0 Å². The lowest BCUT2D eigenvalue weighted by molar-refractivity contribution is -0.0101. The minimum Gasteiger partial charge on any atom is -0.438 e. The Labute approximate surface area is 65.1 Å². The second kappa shape index (κ2) is 3.57. The van der Waals surface area contributed by atoms with Gasteiger partial charge in [0.15, 0.2) is 0 Å². The summed E-state index contributed by atoms with van der Waals surface area (Å²) in [4.78, 5) is 10.6. The molecule has 0 aromatic heterocycles. The van der Waals surface area contributed by atoms with E-state index in [1.54, 1.807) is 0 Å². The molecule has 4 heteroatoms. The number of carbonyl (C=O) groups is 1. The van der Waals surface area contributed by atoms with Crippen molar-refractivity contribution < 1.29 is 19.4 Å². The number of aliphatic hydroxyl groups excluding tert-OH is 1. The highest BCUT2D eigenvalue weighted by Gasteiger charge is 2.28. The van der Waals surface area contributed by atoms with E-state index in [0.29, 0.717) is 6.42 Å². The maximum absolute atomic E-state index is 10.6. The lowest BCUT2D eigenvalue weighted by Gasteiger charge is -2.13. The first-order valence-corrected chi connectivity index (χ1v) is 3.66. The van der Waals surface area contributed by atoms with Crippen molar-refractivity contribution in [2.45, 2.75) is 31.5 Å². The normalized spacial score (nSPS) is 30.0. The smallest absolute Gasteiger partial charge is 0.438 e. The quantitative estimate of drug-likeness (QED) is 0.573. The number of hydrogen-bond acceptors (Lipinski definition) is 4. The maximum atomic E-state index is 10.6. The summed E-state index contributed by atoms with van der Waals surface area (Å²) in [6.45, 7) is 0. The van der Waals surface area contributed by atoms with Gasteiger partial charge in [-0.05, 0) is 19.3 Å². The summed E-state index contributed by atoms with van der Waals surface area (Å²) in [6.07, 6.45) is 0.772. The molecule has 0 bridgehead atoms. The standard InChI is InChI=1S/C7H12O4/c1-10-7(9)11-6-4-2-3-5(6)8/h5-6,8H,2-4H2,1H3. The molecule has 0 radical (unpaired) electrons. The SMILES string of the molecule is COC(=O)OC1CCCC1O. The van der Waals surface area contributed by atoms with Crippen LogP contribution in [0.5, 0.6) is 0 Å². The molecule has 0 aromatic rings. The number of ether oxygens (including phenoxy) is 2. The molecule has 0 aromatic carbocycles. The molecule has 2 atom stereocenters. The van der Waals surface area contributed by atoms with Crippen molar-refractivity contribution in [3.05, 3.63) is 0 Å². The number of methoxy groups -OCH3 is 1. The van der Waals surface area contributed by atoms with Crippen LogP contribution in [0.15, 0.2) is 0 Å². The van der Waals surface area contributed by atoms with Gasteiger partial charge in [0, 0.05) is 0 Å². The van der Waals surface area contributed by atoms with E-state index in [2.05, 4.69) is 4.74 Å². The van der Waals surface area contributed by atoms with Gasteiger partial charge < -0.3 is 14.6 Å². The fourth-order valence-electron chi connectivity index (χ4n) is 1.22. The molecule has 4 nitrogen and oxygen atoms in total. The fourth-order valence-corrected chi connectivity index (χ4v) is 1.22. The third kappa shape index (κ3) is 2.08. The molecule has 1 aliphatic rings. The molecule has 2 unspecified atom stereocenters. The van der Waals surface area contributed by atoms with E-state index < -0.39 is 12.3 Å². The number of carbonyl (C=O) groups excluding carboxylic acids is 1. The zero-order valence-electron chi connectivity index (χ0n) is 6.45. The third-order valence-electron chi connectivity index (χ3n) is 1.83. The Bertz CT molecular complexity index is 145. The van der Waals surface area contributed by atoms with Crippen LogP contribution in [0.3, 0.4) is 0 Å². The van der Waals surface area contributed by atoms with Gasteiger partial charge in [0.2, 0.25) is 0 Å². The highest BCUT2D eigenvalue weighted by molar-refractivity contribution is 5.59. The molecule has 11 heavy (non-hydrogen) atoms. The van der Waals surface area contributed by atoms with Crippen LogP contribution >= 0.6 is 0 Å². The van der Waals surface area contributed by atoms with Crippen LogP contribution in [0.4, 0.5) is 4.79 Å². The van der Waals surface area contributed by atoms with Crippen molar-refractivity contribution in [2.24, 2.45) is 0 Å². The van der Waals surface area contributed by atoms with Gasteiger partial charge >= 0.3 is 6.16 Å². The van der Waals surface area contributed by atoms with Crippen LogP contribution in [-0.2, 0) is 9.47 Å². The molecule has 1 saturated carbocycles. The first-order valence-electron chi connectivity index (χ1n) is 3.66. The number of aliphatic hydroxyl groups is 1. The maximum Gasteiger partial charge on any atom is 0.508 e. The van der Waals surface area contributed by atoms with E-state index >= 15 is 0 Å². The summed E-state index contributed by atoms with van der Waals surface area (Å²) in [6, 6.07) is 0. The van der Waals surface area contributed by atoms with Crippen LogP contribution in [-0.4, -0.2) is 30.6 Å². The van der Waals surface area contributed by atoms with Crippen molar-refractivity contribution in [3.8, 4) is 0 Å². The highest BCUT2D eigenvalue weighted by atomic mass is 16.7. The van der Waals surface area contributed by atoms with E-state index in [9.17, 15) is 9.90 Å². The Hall–Kier alpha value is -0.770.